The first-order valence-electron chi connectivity index (χ1n) is 8.29. The molecule has 0 aromatic carbocycles. The molecule has 0 aromatic rings. The Morgan fingerprint density at radius 2 is 1.95 bits per heavy atom. The monoisotopic (exact) mass is 298 g/mol. The summed E-state index contributed by atoms with van der Waals surface area (Å²) >= 11 is 0. The van der Waals surface area contributed by atoms with Crippen LogP contribution in [0.2, 0.25) is 0 Å². The lowest BCUT2D eigenvalue weighted by atomic mass is 9.87. The first-order valence-corrected chi connectivity index (χ1v) is 8.29. The van der Waals surface area contributed by atoms with Crippen LogP contribution in [-0.4, -0.2) is 44.4 Å². The molecular formula is C17H30O4. The number of methoxy groups -OCH3 is 1. The molecule has 122 valence electrons. The summed E-state index contributed by atoms with van der Waals surface area (Å²) in [5, 5.41) is 10.3. The van der Waals surface area contributed by atoms with Gasteiger partial charge in [-0.3, -0.25) is 0 Å². The van der Waals surface area contributed by atoms with Gasteiger partial charge in [0.15, 0.2) is 6.29 Å². The van der Waals surface area contributed by atoms with Crippen molar-refractivity contribution in [1.82, 2.24) is 0 Å². The number of rotatable bonds is 8. The van der Waals surface area contributed by atoms with Crippen molar-refractivity contribution in [3.8, 4) is 0 Å². The van der Waals surface area contributed by atoms with Crippen LogP contribution < -0.4 is 0 Å². The van der Waals surface area contributed by atoms with E-state index in [0.29, 0.717) is 25.0 Å². The summed E-state index contributed by atoms with van der Waals surface area (Å²) in [7, 11) is 1.74. The van der Waals surface area contributed by atoms with E-state index in [1.807, 2.05) is 0 Å². The topological polar surface area (TPSA) is 47.9 Å². The van der Waals surface area contributed by atoms with Crippen molar-refractivity contribution in [1.29, 1.82) is 0 Å². The lowest BCUT2D eigenvalue weighted by Crippen LogP contribution is -2.31. The molecule has 4 nitrogen and oxygen atoms in total. The average Bonchev–Trinajstić information content (AvgIpc) is 3.06. The fourth-order valence-corrected chi connectivity index (χ4v) is 3.65. The number of allylic oxidation sites excluding steroid dienone is 2. The molecule has 1 aliphatic carbocycles. The predicted octanol–water partition coefficient (Wildman–Crippen LogP) is 2.76. The van der Waals surface area contributed by atoms with Crippen LogP contribution in [0.4, 0.5) is 0 Å². The van der Waals surface area contributed by atoms with Gasteiger partial charge in [-0.2, -0.15) is 0 Å². The van der Waals surface area contributed by atoms with Gasteiger partial charge in [0.2, 0.25) is 0 Å². The quantitative estimate of drug-likeness (QED) is 0.553. The van der Waals surface area contributed by atoms with Gasteiger partial charge in [-0.25, -0.2) is 0 Å². The highest BCUT2D eigenvalue weighted by molar-refractivity contribution is 4.96. The van der Waals surface area contributed by atoms with Gasteiger partial charge in [0, 0.05) is 19.6 Å². The fourth-order valence-electron chi connectivity index (χ4n) is 3.65. The molecule has 0 amide bonds. The van der Waals surface area contributed by atoms with Crippen LogP contribution in [0.3, 0.4) is 0 Å². The molecular weight excluding hydrogens is 268 g/mol. The van der Waals surface area contributed by atoms with Crippen molar-refractivity contribution in [3.05, 3.63) is 12.2 Å². The van der Waals surface area contributed by atoms with E-state index in [1.165, 1.54) is 0 Å². The predicted molar refractivity (Wildman–Crippen MR) is 81.9 cm³/mol. The van der Waals surface area contributed by atoms with E-state index in [1.54, 1.807) is 7.11 Å². The standard InChI is InChI=1S/C17H30O4/c1-13-12-15(18)14(16(13)17-20-10-11-21-17)8-6-4-3-5-7-9-19-2/h4,6,13-18H,3,5,7-12H2,1-2H3/b6-4+. The summed E-state index contributed by atoms with van der Waals surface area (Å²) in [6, 6.07) is 0. The minimum atomic E-state index is -0.226. The number of ether oxygens (including phenoxy) is 3. The van der Waals surface area contributed by atoms with Gasteiger partial charge < -0.3 is 19.3 Å². The molecule has 4 heteroatoms. The van der Waals surface area contributed by atoms with E-state index in [9.17, 15) is 5.11 Å². The Balaban J connectivity index is 1.77. The van der Waals surface area contributed by atoms with E-state index in [0.717, 1.165) is 38.7 Å². The molecule has 0 aromatic heterocycles. The summed E-state index contributed by atoms with van der Waals surface area (Å²) in [5.74, 6) is 1.04. The molecule has 2 aliphatic rings. The molecule has 1 heterocycles. The SMILES string of the molecule is COCCCC/C=C/CC1C(O)CC(C)C1C1OCCO1. The molecule has 1 aliphatic heterocycles. The van der Waals surface area contributed by atoms with Crippen molar-refractivity contribution < 1.29 is 19.3 Å². The molecule has 4 atom stereocenters. The second kappa shape index (κ2) is 8.89. The smallest absolute Gasteiger partial charge is 0.161 e. The zero-order valence-electron chi connectivity index (χ0n) is 13.4. The first kappa shape index (κ1) is 16.9. The van der Waals surface area contributed by atoms with Crippen molar-refractivity contribution >= 4 is 0 Å². The van der Waals surface area contributed by atoms with Crippen molar-refractivity contribution in [2.75, 3.05) is 26.9 Å². The molecule has 1 N–H and O–H groups in total. The number of hydrogen-bond donors (Lipinski definition) is 1. The first-order chi connectivity index (χ1) is 10.2. The van der Waals surface area contributed by atoms with Crippen LogP contribution in [0.15, 0.2) is 12.2 Å². The van der Waals surface area contributed by atoms with E-state index in [2.05, 4.69) is 19.1 Å². The average molecular weight is 298 g/mol. The summed E-state index contributed by atoms with van der Waals surface area (Å²) < 4.78 is 16.4. The summed E-state index contributed by atoms with van der Waals surface area (Å²) in [5.41, 5.74) is 0. The van der Waals surface area contributed by atoms with Gasteiger partial charge in [0.25, 0.3) is 0 Å². The maximum absolute atomic E-state index is 10.3. The highest BCUT2D eigenvalue weighted by atomic mass is 16.7. The van der Waals surface area contributed by atoms with Gasteiger partial charge >= 0.3 is 0 Å². The second-order valence-corrected chi connectivity index (χ2v) is 6.33. The van der Waals surface area contributed by atoms with Gasteiger partial charge in [-0.05, 0) is 43.9 Å². The van der Waals surface area contributed by atoms with Gasteiger partial charge in [0.05, 0.1) is 19.3 Å². The molecule has 2 rings (SSSR count). The molecule has 0 radical (unpaired) electrons. The highest BCUT2D eigenvalue weighted by Gasteiger charge is 2.45. The zero-order chi connectivity index (χ0) is 15.1. The molecule has 21 heavy (non-hydrogen) atoms. The zero-order valence-corrected chi connectivity index (χ0v) is 13.4. The number of unbranched alkanes of at least 4 members (excludes halogenated alkanes) is 2. The Morgan fingerprint density at radius 3 is 2.67 bits per heavy atom. The van der Waals surface area contributed by atoms with Crippen LogP contribution in [-0.2, 0) is 14.2 Å². The Bertz CT molecular complexity index is 312. The van der Waals surface area contributed by atoms with Crippen LogP contribution in [0.25, 0.3) is 0 Å². The minimum absolute atomic E-state index is 0.114. The fraction of sp³-hybridized carbons (Fsp3) is 0.882. The van der Waals surface area contributed by atoms with Gasteiger partial charge in [-0.1, -0.05) is 19.1 Å². The lowest BCUT2D eigenvalue weighted by Gasteiger charge is -2.27. The molecule has 1 saturated carbocycles. The van der Waals surface area contributed by atoms with Crippen LogP contribution in [0, 0.1) is 17.8 Å². The maximum Gasteiger partial charge on any atom is 0.161 e. The molecule has 1 saturated heterocycles. The highest BCUT2D eigenvalue weighted by Crippen LogP contribution is 2.43. The lowest BCUT2D eigenvalue weighted by molar-refractivity contribution is -0.108. The number of aliphatic hydroxyl groups excluding tert-OH is 1. The van der Waals surface area contributed by atoms with Gasteiger partial charge in [0.1, 0.15) is 0 Å². The van der Waals surface area contributed by atoms with E-state index in [4.69, 9.17) is 14.2 Å². The number of hydrogen-bond acceptors (Lipinski definition) is 4. The molecule has 4 unspecified atom stereocenters. The van der Waals surface area contributed by atoms with Crippen molar-refractivity contribution in [2.24, 2.45) is 17.8 Å². The Labute approximate surface area is 128 Å². The third-order valence-corrected chi connectivity index (χ3v) is 4.76. The molecule has 0 bridgehead atoms. The third kappa shape index (κ3) is 4.78. The number of aliphatic hydroxyl groups is 1. The van der Waals surface area contributed by atoms with E-state index in [-0.39, 0.29) is 18.3 Å². The molecule has 2 fully saturated rings. The second-order valence-electron chi connectivity index (χ2n) is 6.33. The third-order valence-electron chi connectivity index (χ3n) is 4.76. The van der Waals surface area contributed by atoms with Gasteiger partial charge in [-0.15, -0.1) is 0 Å². The van der Waals surface area contributed by atoms with Crippen LogP contribution in [0.5, 0.6) is 0 Å². The van der Waals surface area contributed by atoms with E-state index >= 15 is 0 Å². The Morgan fingerprint density at radius 1 is 1.19 bits per heavy atom. The van der Waals surface area contributed by atoms with Crippen LogP contribution in [0.1, 0.15) is 39.0 Å². The summed E-state index contributed by atoms with van der Waals surface area (Å²) in [6.45, 7) is 4.41. The van der Waals surface area contributed by atoms with Crippen molar-refractivity contribution in [2.45, 2.75) is 51.4 Å². The minimum Gasteiger partial charge on any atom is -0.393 e. The van der Waals surface area contributed by atoms with E-state index < -0.39 is 0 Å². The summed E-state index contributed by atoms with van der Waals surface area (Å²) in [6.07, 6.45) is 9.25. The Kier molecular flexibility index (Phi) is 7.17. The van der Waals surface area contributed by atoms with Crippen molar-refractivity contribution in [3.63, 3.8) is 0 Å². The largest absolute Gasteiger partial charge is 0.393 e. The normalized spacial score (nSPS) is 34.2. The maximum atomic E-state index is 10.3. The van der Waals surface area contributed by atoms with Crippen LogP contribution >= 0.6 is 0 Å². The molecule has 0 spiro atoms. The summed E-state index contributed by atoms with van der Waals surface area (Å²) in [4.78, 5) is 0. The Hall–Kier alpha value is -0.420.